The fraction of sp³-hybridized carbons (Fsp3) is 0.346. The quantitative estimate of drug-likeness (QED) is 0.380. The molecule has 10 nitrogen and oxygen atoms in total. The van der Waals surface area contributed by atoms with Crippen LogP contribution in [0, 0.1) is 11.7 Å². The number of rotatable bonds is 9. The van der Waals surface area contributed by atoms with Crippen LogP contribution in [0.5, 0.6) is 5.75 Å². The number of ether oxygens (including phenoxy) is 1. The minimum absolute atomic E-state index is 0.0130. The summed E-state index contributed by atoms with van der Waals surface area (Å²) >= 11 is 1.02. The number of hydrogen-bond donors (Lipinski definition) is 2. The van der Waals surface area contributed by atoms with Gasteiger partial charge >= 0.3 is 0 Å². The van der Waals surface area contributed by atoms with Gasteiger partial charge in [0.05, 0.1) is 35.3 Å². The molecule has 2 heterocycles. The van der Waals surface area contributed by atoms with E-state index in [9.17, 15) is 31.1 Å². The number of hydrogen-bond acceptors (Lipinski definition) is 8. The molecule has 0 unspecified atom stereocenters. The van der Waals surface area contributed by atoms with Crippen LogP contribution >= 0.6 is 11.3 Å². The molecule has 4 rings (SSSR count). The Hall–Kier alpha value is -3.04. The molecule has 3 aromatic rings. The maximum atomic E-state index is 13.6. The standard InChI is InChI=1S/C26H30FN3O7S3/c1-17-14-30(18(2)16-31)26(32)21-6-4-7-22(28-39(33,34)24-8-5-13-38-24)25(21)37-23(17)15-29(3)40(35,36)20-11-9-19(27)10-12-20/h4-13,17-18,23,28,31H,14-16H2,1-3H3/t17-,18+,23-/m1/s1. The summed E-state index contributed by atoms with van der Waals surface area (Å²) in [5.74, 6) is -1.53. The molecule has 1 aliphatic rings. The van der Waals surface area contributed by atoms with Crippen LogP contribution in [-0.4, -0.2) is 75.9 Å². The van der Waals surface area contributed by atoms with Gasteiger partial charge in [0.2, 0.25) is 10.0 Å². The second-order valence-corrected chi connectivity index (χ2v) is 14.5. The lowest BCUT2D eigenvalue weighted by atomic mass is 9.99. The van der Waals surface area contributed by atoms with Crippen LogP contribution in [0.1, 0.15) is 24.2 Å². The van der Waals surface area contributed by atoms with Crippen LogP contribution in [0.3, 0.4) is 0 Å². The number of aliphatic hydroxyl groups is 1. The van der Waals surface area contributed by atoms with Crippen LogP contribution in [0.4, 0.5) is 10.1 Å². The number of carbonyl (C=O) groups excluding carboxylic acids is 1. The highest BCUT2D eigenvalue weighted by molar-refractivity contribution is 7.94. The number of likely N-dealkylation sites (N-methyl/N-ethyl adjacent to an activating group) is 1. The van der Waals surface area contributed by atoms with Gasteiger partial charge in [-0.3, -0.25) is 9.52 Å². The maximum Gasteiger partial charge on any atom is 0.271 e. The lowest BCUT2D eigenvalue weighted by Gasteiger charge is -2.38. The van der Waals surface area contributed by atoms with E-state index < -0.39 is 49.8 Å². The molecule has 2 aromatic carbocycles. The number of carbonyl (C=O) groups is 1. The Bertz CT molecular complexity index is 1560. The van der Waals surface area contributed by atoms with E-state index in [4.69, 9.17) is 4.74 Å². The molecule has 0 fully saturated rings. The number of amides is 1. The molecule has 0 radical (unpaired) electrons. The highest BCUT2D eigenvalue weighted by atomic mass is 32.2. The fourth-order valence-electron chi connectivity index (χ4n) is 4.29. The van der Waals surface area contributed by atoms with Crippen molar-refractivity contribution < 1.29 is 35.9 Å². The minimum atomic E-state index is -4.03. The van der Waals surface area contributed by atoms with Crippen molar-refractivity contribution in [2.75, 3.05) is 31.5 Å². The third-order valence-electron chi connectivity index (χ3n) is 6.65. The fourth-order valence-corrected chi connectivity index (χ4v) is 7.53. The zero-order chi connectivity index (χ0) is 29.2. The van der Waals surface area contributed by atoms with Crippen LogP contribution in [0.15, 0.2) is 69.1 Å². The summed E-state index contributed by atoms with van der Waals surface area (Å²) in [7, 11) is -6.68. The monoisotopic (exact) mass is 611 g/mol. The predicted octanol–water partition coefficient (Wildman–Crippen LogP) is 3.23. The molecule has 0 spiro atoms. The van der Waals surface area contributed by atoms with Gasteiger partial charge in [-0.05, 0) is 54.8 Å². The summed E-state index contributed by atoms with van der Waals surface area (Å²) in [5, 5.41) is 11.5. The Morgan fingerprint density at radius 3 is 2.48 bits per heavy atom. The van der Waals surface area contributed by atoms with Crippen molar-refractivity contribution in [1.82, 2.24) is 9.21 Å². The van der Waals surface area contributed by atoms with E-state index >= 15 is 0 Å². The van der Waals surface area contributed by atoms with E-state index in [1.165, 1.54) is 48.3 Å². The predicted molar refractivity (Wildman–Crippen MR) is 149 cm³/mol. The smallest absolute Gasteiger partial charge is 0.271 e. The first-order chi connectivity index (χ1) is 18.8. The Balaban J connectivity index is 1.75. The summed E-state index contributed by atoms with van der Waals surface area (Å²) in [6.45, 7) is 3.11. The van der Waals surface area contributed by atoms with Gasteiger partial charge < -0.3 is 14.7 Å². The summed E-state index contributed by atoms with van der Waals surface area (Å²) in [5.41, 5.74) is 0.0756. The van der Waals surface area contributed by atoms with E-state index in [0.717, 1.165) is 27.8 Å². The average Bonchev–Trinajstić information content (AvgIpc) is 3.47. The molecule has 1 aromatic heterocycles. The Kier molecular flexibility index (Phi) is 8.85. The van der Waals surface area contributed by atoms with E-state index in [0.29, 0.717) is 0 Å². The molecule has 0 saturated heterocycles. The lowest BCUT2D eigenvalue weighted by Crippen LogP contribution is -2.50. The van der Waals surface area contributed by atoms with Gasteiger partial charge in [-0.15, -0.1) is 11.3 Å². The molecule has 40 heavy (non-hydrogen) atoms. The minimum Gasteiger partial charge on any atom is -0.486 e. The topological polar surface area (TPSA) is 133 Å². The number of sulfonamides is 2. The number of benzene rings is 2. The van der Waals surface area contributed by atoms with Crippen molar-refractivity contribution in [3.63, 3.8) is 0 Å². The van der Waals surface area contributed by atoms with Crippen molar-refractivity contribution in [1.29, 1.82) is 0 Å². The highest BCUT2D eigenvalue weighted by Crippen LogP contribution is 2.36. The van der Waals surface area contributed by atoms with Crippen molar-refractivity contribution in [3.05, 3.63) is 71.4 Å². The van der Waals surface area contributed by atoms with Gasteiger partial charge in [0.15, 0.2) is 5.75 Å². The van der Waals surface area contributed by atoms with Crippen LogP contribution in [-0.2, 0) is 20.0 Å². The van der Waals surface area contributed by atoms with Crippen LogP contribution in [0.2, 0.25) is 0 Å². The zero-order valence-electron chi connectivity index (χ0n) is 22.0. The van der Waals surface area contributed by atoms with E-state index in [2.05, 4.69) is 4.72 Å². The van der Waals surface area contributed by atoms with E-state index in [1.807, 2.05) is 0 Å². The first kappa shape index (κ1) is 29.9. The lowest BCUT2D eigenvalue weighted by molar-refractivity contribution is 0.0389. The van der Waals surface area contributed by atoms with Gasteiger partial charge in [-0.2, -0.15) is 4.31 Å². The second kappa shape index (κ2) is 11.8. The Labute approximate surface area is 237 Å². The van der Waals surface area contributed by atoms with E-state index in [-0.39, 0.29) is 45.8 Å². The maximum absolute atomic E-state index is 13.6. The molecule has 1 aliphatic heterocycles. The molecule has 2 N–H and O–H groups in total. The Morgan fingerprint density at radius 2 is 1.85 bits per heavy atom. The number of thiophene rings is 1. The first-order valence-corrected chi connectivity index (χ1v) is 16.1. The highest BCUT2D eigenvalue weighted by Gasteiger charge is 2.36. The molecule has 3 atom stereocenters. The number of halogens is 1. The molecule has 0 aliphatic carbocycles. The second-order valence-electron chi connectivity index (χ2n) is 9.58. The van der Waals surface area contributed by atoms with Crippen LogP contribution in [0.25, 0.3) is 0 Å². The molecule has 1 amide bonds. The number of aliphatic hydroxyl groups excluding tert-OH is 1. The number of para-hydroxylation sites is 1. The summed E-state index contributed by atoms with van der Waals surface area (Å²) in [4.78, 5) is 15.0. The van der Waals surface area contributed by atoms with Gasteiger partial charge in [0, 0.05) is 19.5 Å². The summed E-state index contributed by atoms with van der Waals surface area (Å²) < 4.78 is 75.9. The molecule has 14 heteroatoms. The van der Waals surface area contributed by atoms with Crippen molar-refractivity contribution in [2.45, 2.75) is 35.1 Å². The van der Waals surface area contributed by atoms with Crippen molar-refractivity contribution in [2.24, 2.45) is 5.92 Å². The van der Waals surface area contributed by atoms with Gasteiger partial charge in [-0.25, -0.2) is 21.2 Å². The van der Waals surface area contributed by atoms with E-state index in [1.54, 1.807) is 25.3 Å². The van der Waals surface area contributed by atoms with Gasteiger partial charge in [0.1, 0.15) is 16.1 Å². The Morgan fingerprint density at radius 1 is 1.15 bits per heavy atom. The van der Waals surface area contributed by atoms with Crippen molar-refractivity contribution in [3.8, 4) is 5.75 Å². The number of nitrogens with one attached hydrogen (secondary N) is 1. The number of fused-ring (bicyclic) bond motifs is 1. The normalized spacial score (nSPS) is 18.9. The van der Waals surface area contributed by atoms with Crippen molar-refractivity contribution >= 4 is 43.0 Å². The molecule has 0 bridgehead atoms. The molecule has 0 saturated carbocycles. The summed E-state index contributed by atoms with van der Waals surface area (Å²) in [6.07, 6.45) is -0.840. The van der Waals surface area contributed by atoms with Gasteiger partial charge in [0.25, 0.3) is 15.9 Å². The molecule has 216 valence electrons. The number of nitrogens with zero attached hydrogens (tertiary/aromatic N) is 2. The third-order valence-corrected chi connectivity index (χ3v) is 11.3. The van der Waals surface area contributed by atoms with Gasteiger partial charge in [-0.1, -0.05) is 19.1 Å². The zero-order valence-corrected chi connectivity index (χ0v) is 24.5. The molecular weight excluding hydrogens is 581 g/mol. The first-order valence-electron chi connectivity index (χ1n) is 12.3. The van der Waals surface area contributed by atoms with Crippen LogP contribution < -0.4 is 9.46 Å². The largest absolute Gasteiger partial charge is 0.486 e. The third kappa shape index (κ3) is 6.15. The summed E-state index contributed by atoms with van der Waals surface area (Å²) in [6, 6.07) is 11.4. The molecular formula is C26H30FN3O7S3. The SMILES string of the molecule is C[C@@H]1CN([C@@H](C)CO)C(=O)c2cccc(NS(=O)(=O)c3cccs3)c2O[C@@H]1CN(C)S(=O)(=O)c1ccc(F)cc1. The average molecular weight is 612 g/mol. The number of anilines is 1.